The van der Waals surface area contributed by atoms with Crippen molar-refractivity contribution in [3.8, 4) is 5.75 Å². The Labute approximate surface area is 306 Å². The first-order valence-electron chi connectivity index (χ1n) is 18.0. The van der Waals surface area contributed by atoms with Crippen LogP contribution in [0.15, 0.2) is 84.9 Å². The molecule has 2 unspecified atom stereocenters. The third-order valence-corrected chi connectivity index (χ3v) is 8.91. The highest BCUT2D eigenvalue weighted by Crippen LogP contribution is 2.17. The van der Waals surface area contributed by atoms with Crippen LogP contribution in [0.25, 0.3) is 0 Å². The lowest BCUT2D eigenvalue weighted by Gasteiger charge is -2.33. The van der Waals surface area contributed by atoms with Gasteiger partial charge in [-0.25, -0.2) is 4.79 Å². The molecule has 0 aromatic heterocycles. The zero-order valence-electron chi connectivity index (χ0n) is 30.5. The van der Waals surface area contributed by atoms with Gasteiger partial charge >= 0.3 is 6.09 Å². The monoisotopic (exact) mass is 715 g/mol. The van der Waals surface area contributed by atoms with Crippen LogP contribution in [0.3, 0.4) is 0 Å². The second-order valence-electron chi connectivity index (χ2n) is 13.8. The van der Waals surface area contributed by atoms with E-state index >= 15 is 0 Å². The van der Waals surface area contributed by atoms with Gasteiger partial charge in [0, 0.05) is 13.1 Å². The first kappa shape index (κ1) is 39.8. The number of carbonyl (C=O) groups is 4. The normalized spacial score (nSPS) is 19.0. The van der Waals surface area contributed by atoms with Crippen LogP contribution in [-0.2, 0) is 38.7 Å². The van der Waals surface area contributed by atoms with Gasteiger partial charge in [-0.3, -0.25) is 19.7 Å². The van der Waals surface area contributed by atoms with Crippen molar-refractivity contribution in [1.29, 1.82) is 0 Å². The summed E-state index contributed by atoms with van der Waals surface area (Å²) in [6.45, 7) is 8.36. The summed E-state index contributed by atoms with van der Waals surface area (Å²) in [5, 5.41) is 26.7. The van der Waals surface area contributed by atoms with Crippen molar-refractivity contribution in [2.24, 2.45) is 11.8 Å². The average molecular weight is 716 g/mol. The molecule has 280 valence electrons. The molecule has 2 bridgehead atoms. The smallest absolute Gasteiger partial charge is 0.408 e. The van der Waals surface area contributed by atoms with Crippen LogP contribution in [0.4, 0.5) is 4.79 Å². The zero-order chi connectivity index (χ0) is 37.5. The number of carbonyl (C=O) groups excluding carboxylic acids is 4. The summed E-state index contributed by atoms with van der Waals surface area (Å²) in [5.74, 6) is -1.40. The predicted octanol–water partition coefficient (Wildman–Crippen LogP) is 3.61. The largest absolute Gasteiger partial charge is 0.494 e. The minimum absolute atomic E-state index is 0.0291. The van der Waals surface area contributed by atoms with Crippen molar-refractivity contribution < 1.29 is 33.8 Å². The van der Waals surface area contributed by atoms with E-state index in [-0.39, 0.29) is 37.3 Å². The van der Waals surface area contributed by atoms with Crippen molar-refractivity contribution in [2.75, 3.05) is 13.2 Å². The quantitative estimate of drug-likeness (QED) is 0.175. The lowest BCUT2D eigenvalue weighted by molar-refractivity contribution is -0.134. The van der Waals surface area contributed by atoms with E-state index in [9.17, 15) is 24.3 Å². The summed E-state index contributed by atoms with van der Waals surface area (Å²) in [4.78, 5) is 54.1. The van der Waals surface area contributed by atoms with Gasteiger partial charge in [-0.1, -0.05) is 100 Å². The number of nitrogens with one attached hydrogen (secondary N) is 5. The molecule has 0 radical (unpaired) electrons. The molecule has 0 fully saturated rings. The van der Waals surface area contributed by atoms with Gasteiger partial charge in [0.15, 0.2) is 0 Å². The molecule has 5 atom stereocenters. The summed E-state index contributed by atoms with van der Waals surface area (Å²) in [7, 11) is 0. The van der Waals surface area contributed by atoms with Gasteiger partial charge in [-0.2, -0.15) is 0 Å². The molecule has 52 heavy (non-hydrogen) atoms. The molecule has 4 rings (SSSR count). The van der Waals surface area contributed by atoms with Crippen LogP contribution in [0.5, 0.6) is 5.75 Å². The highest BCUT2D eigenvalue weighted by molar-refractivity contribution is 5.90. The number of rotatable bonds is 11. The Bertz CT molecular complexity index is 1590. The van der Waals surface area contributed by atoms with Crippen molar-refractivity contribution >= 4 is 23.8 Å². The maximum Gasteiger partial charge on any atom is 0.408 e. The van der Waals surface area contributed by atoms with Gasteiger partial charge in [0.05, 0.1) is 18.8 Å². The van der Waals surface area contributed by atoms with E-state index in [1.54, 1.807) is 13.8 Å². The van der Waals surface area contributed by atoms with Crippen molar-refractivity contribution in [2.45, 2.75) is 90.4 Å². The Morgan fingerprint density at radius 2 is 1.56 bits per heavy atom. The zero-order valence-corrected chi connectivity index (χ0v) is 30.5. The molecule has 0 saturated heterocycles. The fraction of sp³-hybridized carbons (Fsp3) is 0.450. The van der Waals surface area contributed by atoms with E-state index in [4.69, 9.17) is 9.47 Å². The minimum Gasteiger partial charge on any atom is -0.494 e. The molecule has 1 aliphatic rings. The number of benzene rings is 3. The second-order valence-corrected chi connectivity index (χ2v) is 13.8. The standard InChI is InChI=1S/C40H53N5O7/c1-26(2)33-37(47)41-20-11-12-21-51-31-19-13-18-30(22-31)24-42-35(39(49)44-33)36(46)32(23-28-14-7-5-8-15-28)43-38(48)34(27(3)4)45-40(50)52-25-29-16-9-6-10-17-29/h5-10,13-19,22,26-27,32-36,42,46H,11-12,20-21,23-25H2,1-4H3,(H,41,47)(H,43,48)(H,44,49)(H,45,50)/t32-,33?,34-,35+,36?/m0/s1. The summed E-state index contributed by atoms with van der Waals surface area (Å²) in [6.07, 6.45) is -0.631. The highest BCUT2D eigenvalue weighted by atomic mass is 16.5. The second kappa shape index (κ2) is 20.2. The molecule has 0 aliphatic carbocycles. The number of aliphatic hydroxyl groups excluding tert-OH is 1. The van der Waals surface area contributed by atoms with Crippen LogP contribution >= 0.6 is 0 Å². The van der Waals surface area contributed by atoms with Gasteiger partial charge in [0.1, 0.15) is 30.5 Å². The molecule has 1 aliphatic heterocycles. The summed E-state index contributed by atoms with van der Waals surface area (Å²) in [6, 6.07) is 21.8. The van der Waals surface area contributed by atoms with E-state index in [0.29, 0.717) is 25.3 Å². The fourth-order valence-electron chi connectivity index (χ4n) is 5.91. The number of aliphatic hydroxyl groups is 1. The summed E-state index contributed by atoms with van der Waals surface area (Å²) >= 11 is 0. The molecule has 6 N–H and O–H groups in total. The molecular weight excluding hydrogens is 662 g/mol. The van der Waals surface area contributed by atoms with E-state index in [1.807, 2.05) is 98.8 Å². The average Bonchev–Trinajstić information content (AvgIpc) is 3.13. The number of amides is 4. The molecule has 4 amide bonds. The SMILES string of the molecule is CC(C)C1NC(=O)[C@@H](C(O)[C@H](Cc2ccccc2)NC(=O)[C@@H](NC(=O)OCc2ccccc2)C(C)C)NCc2cccc(c2)OCCCCNC1=O. The summed E-state index contributed by atoms with van der Waals surface area (Å²) < 4.78 is 11.3. The molecule has 12 heteroatoms. The van der Waals surface area contributed by atoms with Gasteiger partial charge < -0.3 is 35.8 Å². The topological polar surface area (TPSA) is 167 Å². The van der Waals surface area contributed by atoms with Gasteiger partial charge in [0.2, 0.25) is 17.7 Å². The fourth-order valence-corrected chi connectivity index (χ4v) is 5.91. The lowest BCUT2D eigenvalue weighted by Crippen LogP contribution is -2.63. The van der Waals surface area contributed by atoms with E-state index < -0.39 is 48.2 Å². The Balaban J connectivity index is 1.61. The van der Waals surface area contributed by atoms with Gasteiger partial charge in [-0.15, -0.1) is 0 Å². The molecule has 3 aromatic rings. The number of hydrogen-bond donors (Lipinski definition) is 6. The third-order valence-electron chi connectivity index (χ3n) is 8.91. The van der Waals surface area contributed by atoms with Crippen LogP contribution in [-0.4, -0.2) is 72.3 Å². The number of fused-ring (bicyclic) bond motifs is 2. The molecule has 3 aromatic carbocycles. The first-order chi connectivity index (χ1) is 25.0. The number of hydrogen-bond acceptors (Lipinski definition) is 8. The van der Waals surface area contributed by atoms with Gasteiger partial charge in [0.25, 0.3) is 0 Å². The minimum atomic E-state index is -1.48. The molecule has 0 saturated carbocycles. The number of ether oxygens (including phenoxy) is 2. The van der Waals surface area contributed by atoms with E-state index in [1.165, 1.54) is 0 Å². The Kier molecular flexibility index (Phi) is 15.5. The predicted molar refractivity (Wildman–Crippen MR) is 198 cm³/mol. The van der Waals surface area contributed by atoms with Crippen molar-refractivity contribution in [3.05, 3.63) is 102 Å². The van der Waals surface area contributed by atoms with Crippen LogP contribution in [0, 0.1) is 11.8 Å². The van der Waals surface area contributed by atoms with E-state index in [2.05, 4.69) is 26.6 Å². The third kappa shape index (κ3) is 12.4. The Hall–Kier alpha value is -4.94. The van der Waals surface area contributed by atoms with Crippen LogP contribution < -0.4 is 31.3 Å². The molecule has 12 nitrogen and oxygen atoms in total. The Morgan fingerprint density at radius 3 is 2.23 bits per heavy atom. The van der Waals surface area contributed by atoms with Crippen LogP contribution in [0.1, 0.15) is 57.2 Å². The summed E-state index contributed by atoms with van der Waals surface area (Å²) in [5.41, 5.74) is 2.42. The molecular formula is C40H53N5O7. The van der Waals surface area contributed by atoms with Crippen molar-refractivity contribution in [1.82, 2.24) is 26.6 Å². The number of alkyl carbamates (subject to hydrolysis) is 1. The highest BCUT2D eigenvalue weighted by Gasteiger charge is 2.38. The van der Waals surface area contributed by atoms with Crippen LogP contribution in [0.2, 0.25) is 0 Å². The van der Waals surface area contributed by atoms with Crippen molar-refractivity contribution in [3.63, 3.8) is 0 Å². The maximum absolute atomic E-state index is 14.1. The first-order valence-corrected chi connectivity index (χ1v) is 18.0. The Morgan fingerprint density at radius 1 is 0.865 bits per heavy atom. The molecule has 0 spiro atoms. The lowest BCUT2D eigenvalue weighted by atomic mass is 9.93. The maximum atomic E-state index is 14.1. The van der Waals surface area contributed by atoms with E-state index in [0.717, 1.165) is 23.1 Å². The molecule has 1 heterocycles. The van der Waals surface area contributed by atoms with Gasteiger partial charge in [-0.05, 0) is 59.9 Å².